The number of rotatable bonds is 6. The number of hydrogen-bond acceptors (Lipinski definition) is 6. The Morgan fingerprint density at radius 2 is 2.06 bits per heavy atom. The molecule has 0 saturated heterocycles. The highest BCUT2D eigenvalue weighted by Crippen LogP contribution is 2.30. The van der Waals surface area contributed by atoms with Gasteiger partial charge in [-0.1, -0.05) is 6.08 Å². The average Bonchev–Trinajstić information content (AvgIpc) is 2.29. The van der Waals surface area contributed by atoms with Gasteiger partial charge in [0.1, 0.15) is 0 Å². The molecule has 17 heavy (non-hydrogen) atoms. The van der Waals surface area contributed by atoms with Crippen LogP contribution in [0.2, 0.25) is 0 Å². The van der Waals surface area contributed by atoms with Crippen molar-refractivity contribution in [1.82, 2.24) is 5.48 Å². The molecule has 0 saturated carbocycles. The number of benzene rings is 1. The Hall–Kier alpha value is -2.48. The molecule has 1 aromatic carbocycles. The highest BCUT2D eigenvalue weighted by Gasteiger charge is 2.20. The third kappa shape index (κ3) is 3.24. The molecule has 0 aliphatic carbocycles. The first-order valence-electron chi connectivity index (χ1n) is 4.49. The molecule has 1 aromatic rings. The van der Waals surface area contributed by atoms with Crippen LogP contribution in [0.3, 0.4) is 0 Å². The van der Waals surface area contributed by atoms with E-state index in [2.05, 4.69) is 12.1 Å². The topological polar surface area (TPSA) is 108 Å². The van der Waals surface area contributed by atoms with Gasteiger partial charge in [0.2, 0.25) is 5.75 Å². The van der Waals surface area contributed by atoms with Gasteiger partial charge >= 0.3 is 5.69 Å². The average molecular weight is 239 g/mol. The number of hydrogen-bond donors (Lipinski definition) is 1. The van der Waals surface area contributed by atoms with E-state index in [0.29, 0.717) is 0 Å². The Morgan fingerprint density at radius 1 is 1.35 bits per heavy atom. The monoisotopic (exact) mass is 239 g/mol. The second kappa shape index (κ2) is 5.56. The van der Waals surface area contributed by atoms with E-state index in [1.165, 1.54) is 6.08 Å². The molecule has 0 aliphatic rings. The normalized spacial score (nSPS) is 9.65. The predicted octanol–water partition coefficient (Wildman–Crippen LogP) is 1.57. The minimum Gasteiger partial charge on any atom is -0.401 e. The zero-order chi connectivity index (χ0) is 12.8. The summed E-state index contributed by atoms with van der Waals surface area (Å²) in [5, 5.41) is 21.1. The van der Waals surface area contributed by atoms with Crippen molar-refractivity contribution in [1.29, 1.82) is 0 Å². The van der Waals surface area contributed by atoms with Crippen LogP contribution in [0.1, 0.15) is 0 Å². The smallest absolute Gasteiger partial charge is 0.320 e. The van der Waals surface area contributed by atoms with E-state index in [1.807, 2.05) is 0 Å². The van der Waals surface area contributed by atoms with Crippen LogP contribution in [0.5, 0.6) is 5.75 Å². The summed E-state index contributed by atoms with van der Waals surface area (Å²) in [5.41, 5.74) is 1.56. The molecular weight excluding hydrogens is 230 g/mol. The highest BCUT2D eigenvalue weighted by molar-refractivity contribution is 5.53. The van der Waals surface area contributed by atoms with Gasteiger partial charge in [-0.05, 0) is 6.07 Å². The van der Waals surface area contributed by atoms with E-state index < -0.39 is 15.5 Å². The maximum Gasteiger partial charge on any atom is 0.320 e. The van der Waals surface area contributed by atoms with Gasteiger partial charge in [0.05, 0.1) is 15.9 Å². The molecule has 0 radical (unpaired) electrons. The lowest BCUT2D eigenvalue weighted by atomic mass is 10.2. The van der Waals surface area contributed by atoms with E-state index in [-0.39, 0.29) is 18.0 Å². The standard InChI is InChI=1S/C9H9N3O5/c1-2-5-10-17-9-4-3-7(11(13)14)6-8(9)12(15)16/h2-4,6,10H,1,5H2. The molecule has 0 bridgehead atoms. The van der Waals surface area contributed by atoms with Crippen LogP contribution in [0, 0.1) is 20.2 Å². The molecular formula is C9H9N3O5. The number of non-ortho nitro benzene ring substituents is 1. The van der Waals surface area contributed by atoms with E-state index in [4.69, 9.17) is 4.84 Å². The van der Waals surface area contributed by atoms with Crippen LogP contribution < -0.4 is 10.3 Å². The van der Waals surface area contributed by atoms with Crippen molar-refractivity contribution in [2.24, 2.45) is 0 Å². The second-order valence-electron chi connectivity index (χ2n) is 2.91. The van der Waals surface area contributed by atoms with Crippen LogP contribution >= 0.6 is 0 Å². The van der Waals surface area contributed by atoms with Crippen LogP contribution in [0.4, 0.5) is 11.4 Å². The largest absolute Gasteiger partial charge is 0.401 e. The van der Waals surface area contributed by atoms with Crippen LogP contribution in [0.15, 0.2) is 30.9 Å². The van der Waals surface area contributed by atoms with Crippen LogP contribution in [-0.4, -0.2) is 16.4 Å². The van der Waals surface area contributed by atoms with E-state index in [0.717, 1.165) is 18.2 Å². The van der Waals surface area contributed by atoms with Crippen molar-refractivity contribution in [3.63, 3.8) is 0 Å². The molecule has 90 valence electrons. The fourth-order valence-electron chi connectivity index (χ4n) is 1.03. The van der Waals surface area contributed by atoms with Crippen molar-refractivity contribution in [3.8, 4) is 5.75 Å². The molecule has 0 spiro atoms. The van der Waals surface area contributed by atoms with Gasteiger partial charge in [0.15, 0.2) is 0 Å². The van der Waals surface area contributed by atoms with Gasteiger partial charge in [-0.15, -0.1) is 6.58 Å². The van der Waals surface area contributed by atoms with Crippen molar-refractivity contribution in [2.45, 2.75) is 0 Å². The van der Waals surface area contributed by atoms with Crippen molar-refractivity contribution < 1.29 is 14.7 Å². The summed E-state index contributed by atoms with van der Waals surface area (Å²) in [7, 11) is 0. The van der Waals surface area contributed by atoms with E-state index in [9.17, 15) is 20.2 Å². The summed E-state index contributed by atoms with van der Waals surface area (Å²) in [6.07, 6.45) is 1.50. The van der Waals surface area contributed by atoms with Crippen molar-refractivity contribution >= 4 is 11.4 Å². The van der Waals surface area contributed by atoms with Gasteiger partial charge in [-0.25, -0.2) is 0 Å². The van der Waals surface area contributed by atoms with Gasteiger partial charge in [0.25, 0.3) is 5.69 Å². The molecule has 0 aliphatic heterocycles. The number of nitro groups is 2. The Labute approximate surface area is 95.8 Å². The Kier molecular flexibility index (Phi) is 4.12. The fourth-order valence-corrected chi connectivity index (χ4v) is 1.03. The summed E-state index contributed by atoms with van der Waals surface area (Å²) in [6.45, 7) is 3.71. The number of nitrogens with zero attached hydrogens (tertiary/aromatic N) is 2. The zero-order valence-electron chi connectivity index (χ0n) is 8.66. The Balaban J connectivity index is 3.00. The molecule has 8 heteroatoms. The second-order valence-corrected chi connectivity index (χ2v) is 2.91. The molecule has 8 nitrogen and oxygen atoms in total. The maximum absolute atomic E-state index is 10.7. The lowest BCUT2D eigenvalue weighted by Gasteiger charge is -2.05. The lowest BCUT2D eigenvalue weighted by Crippen LogP contribution is -2.18. The number of hydroxylamine groups is 1. The Bertz CT molecular complexity index is 460. The van der Waals surface area contributed by atoms with Gasteiger partial charge in [0, 0.05) is 12.6 Å². The first kappa shape index (κ1) is 12.6. The first-order valence-corrected chi connectivity index (χ1v) is 4.49. The third-order valence-corrected chi connectivity index (χ3v) is 1.76. The summed E-state index contributed by atoms with van der Waals surface area (Å²) < 4.78 is 0. The molecule has 0 heterocycles. The van der Waals surface area contributed by atoms with Crippen LogP contribution in [0.25, 0.3) is 0 Å². The molecule has 0 amide bonds. The summed E-state index contributed by atoms with van der Waals surface area (Å²) in [4.78, 5) is 24.6. The first-order chi connectivity index (χ1) is 8.06. The predicted molar refractivity (Wildman–Crippen MR) is 58.6 cm³/mol. The quantitative estimate of drug-likeness (QED) is 0.349. The van der Waals surface area contributed by atoms with E-state index in [1.54, 1.807) is 0 Å². The molecule has 0 aromatic heterocycles. The van der Waals surface area contributed by atoms with Crippen molar-refractivity contribution in [2.75, 3.05) is 6.54 Å². The molecule has 0 unspecified atom stereocenters. The Morgan fingerprint density at radius 3 is 2.59 bits per heavy atom. The number of nitrogens with one attached hydrogen (secondary N) is 1. The van der Waals surface area contributed by atoms with E-state index >= 15 is 0 Å². The summed E-state index contributed by atoms with van der Waals surface area (Å²) in [6, 6.07) is 3.12. The van der Waals surface area contributed by atoms with Gasteiger partial charge < -0.3 is 4.84 Å². The van der Waals surface area contributed by atoms with Gasteiger partial charge in [-0.3, -0.25) is 20.2 Å². The molecule has 0 fully saturated rings. The third-order valence-electron chi connectivity index (χ3n) is 1.76. The van der Waals surface area contributed by atoms with Gasteiger partial charge in [-0.2, -0.15) is 5.48 Å². The van der Waals surface area contributed by atoms with Crippen LogP contribution in [-0.2, 0) is 0 Å². The van der Waals surface area contributed by atoms with Crippen molar-refractivity contribution in [3.05, 3.63) is 51.1 Å². The number of nitro benzene ring substituents is 2. The maximum atomic E-state index is 10.7. The molecule has 1 rings (SSSR count). The molecule has 1 N–H and O–H groups in total. The summed E-state index contributed by atoms with van der Waals surface area (Å²) >= 11 is 0. The fraction of sp³-hybridized carbons (Fsp3) is 0.111. The minimum absolute atomic E-state index is 0.0950. The zero-order valence-corrected chi connectivity index (χ0v) is 8.66. The summed E-state index contributed by atoms with van der Waals surface area (Å²) in [5.74, 6) is -0.0950. The SMILES string of the molecule is C=CCNOc1ccc([N+](=O)[O-])cc1[N+](=O)[O-]. The molecule has 0 atom stereocenters. The lowest BCUT2D eigenvalue weighted by molar-refractivity contribution is -0.394. The highest BCUT2D eigenvalue weighted by atomic mass is 16.7. The minimum atomic E-state index is -0.752.